The first-order valence-corrected chi connectivity index (χ1v) is 6.87. The van der Waals surface area contributed by atoms with Crippen LogP contribution in [0, 0.1) is 0 Å². The van der Waals surface area contributed by atoms with Gasteiger partial charge in [-0.05, 0) is 27.7 Å². The van der Waals surface area contributed by atoms with Crippen molar-refractivity contribution in [1.29, 1.82) is 0 Å². The van der Waals surface area contributed by atoms with E-state index in [2.05, 4.69) is 0 Å². The number of thioether (sulfide) groups is 1. The lowest BCUT2D eigenvalue weighted by Gasteiger charge is -2.27. The van der Waals surface area contributed by atoms with Crippen molar-refractivity contribution in [3.8, 4) is 0 Å². The summed E-state index contributed by atoms with van der Waals surface area (Å²) < 4.78 is 4.88. The third-order valence-corrected chi connectivity index (χ3v) is 3.80. The van der Waals surface area contributed by atoms with E-state index >= 15 is 0 Å². The maximum absolute atomic E-state index is 11.7. The fourth-order valence-electron chi connectivity index (χ4n) is 1.12. The van der Waals surface area contributed by atoms with Crippen molar-refractivity contribution in [2.45, 2.75) is 32.4 Å². The number of esters is 1. The number of rotatable bonds is 6. The summed E-state index contributed by atoms with van der Waals surface area (Å²) in [4.78, 5) is 13.7. The van der Waals surface area contributed by atoms with Crippen LogP contribution >= 0.6 is 24.0 Å². The van der Waals surface area contributed by atoms with Crippen molar-refractivity contribution >= 4 is 34.3 Å². The van der Waals surface area contributed by atoms with Crippen LogP contribution in [0.3, 0.4) is 0 Å². The maximum Gasteiger partial charge on any atom is 0.322 e. The summed E-state index contributed by atoms with van der Waals surface area (Å²) in [5.74, 6) is -0.356. The number of aliphatic hydroxyl groups excluding tert-OH is 1. The molecule has 1 N–H and O–H groups in total. The van der Waals surface area contributed by atoms with E-state index in [1.165, 1.54) is 11.8 Å². The van der Waals surface area contributed by atoms with E-state index in [9.17, 15) is 4.79 Å². The van der Waals surface area contributed by atoms with Gasteiger partial charge in [-0.2, -0.15) is 0 Å². The molecule has 6 heteroatoms. The van der Waals surface area contributed by atoms with Crippen LogP contribution in [0.4, 0.5) is 0 Å². The van der Waals surface area contributed by atoms with Gasteiger partial charge in [0.1, 0.15) is 15.7 Å². The van der Waals surface area contributed by atoms with Gasteiger partial charge in [-0.15, -0.1) is 0 Å². The number of hydrogen-bond donors (Lipinski definition) is 1. The van der Waals surface area contributed by atoms with Gasteiger partial charge in [-0.1, -0.05) is 24.0 Å². The number of aliphatic hydroxyl groups is 1. The normalized spacial score (nSPS) is 11.1. The van der Waals surface area contributed by atoms with Crippen LogP contribution in [0.1, 0.15) is 27.7 Å². The zero-order valence-corrected chi connectivity index (χ0v) is 12.5. The highest BCUT2D eigenvalue weighted by atomic mass is 32.2. The smallest absolute Gasteiger partial charge is 0.322 e. The first kappa shape index (κ1) is 16.7. The second-order valence-electron chi connectivity index (χ2n) is 3.91. The second kappa shape index (κ2) is 7.89. The molecular weight excluding hydrogens is 258 g/mol. The van der Waals surface area contributed by atoms with Crippen LogP contribution < -0.4 is 0 Å². The molecule has 100 valence electrons. The van der Waals surface area contributed by atoms with Crippen LogP contribution in [0.5, 0.6) is 0 Å². The Morgan fingerprint density at radius 3 is 2.35 bits per heavy atom. The van der Waals surface area contributed by atoms with Gasteiger partial charge in [0.2, 0.25) is 0 Å². The predicted octanol–water partition coefficient (Wildman–Crippen LogP) is 1.66. The molecule has 4 nitrogen and oxygen atoms in total. The summed E-state index contributed by atoms with van der Waals surface area (Å²) in [5.41, 5.74) is 0. The first-order chi connectivity index (χ1) is 7.88. The Kier molecular flexibility index (Phi) is 7.74. The van der Waals surface area contributed by atoms with E-state index in [0.717, 1.165) is 13.1 Å². The highest BCUT2D eigenvalue weighted by molar-refractivity contribution is 8.24. The van der Waals surface area contributed by atoms with Crippen molar-refractivity contribution in [2.24, 2.45) is 0 Å². The highest BCUT2D eigenvalue weighted by Crippen LogP contribution is 2.28. The standard InChI is InChI=1S/C11H21NO3S2/c1-5-12(6-2)10(16)17-11(3,4)9(14)15-8-7-13/h13H,5-8H2,1-4H3. The molecule has 0 fully saturated rings. The summed E-state index contributed by atoms with van der Waals surface area (Å²) in [5, 5.41) is 8.61. The Balaban J connectivity index is 4.42. The molecule has 0 bridgehead atoms. The SMILES string of the molecule is CCN(CC)C(=S)SC(C)(C)C(=O)OCCO. The Hall–Kier alpha value is -0.330. The van der Waals surface area contributed by atoms with E-state index in [4.69, 9.17) is 22.1 Å². The molecule has 0 aliphatic carbocycles. The van der Waals surface area contributed by atoms with Crippen molar-refractivity contribution in [2.75, 3.05) is 26.3 Å². The van der Waals surface area contributed by atoms with Crippen LogP contribution in [-0.4, -0.2) is 51.3 Å². The summed E-state index contributed by atoms with van der Waals surface area (Å²) >= 11 is 6.60. The van der Waals surface area contributed by atoms with Crippen molar-refractivity contribution in [3.63, 3.8) is 0 Å². The molecule has 0 rings (SSSR count). The molecule has 0 spiro atoms. The molecule has 0 amide bonds. The third kappa shape index (κ3) is 5.70. The maximum atomic E-state index is 11.7. The molecule has 0 saturated carbocycles. The number of carbonyl (C=O) groups is 1. The second-order valence-corrected chi connectivity index (χ2v) is 6.17. The predicted molar refractivity (Wildman–Crippen MR) is 75.2 cm³/mol. The molecule has 0 radical (unpaired) electrons. The Morgan fingerprint density at radius 2 is 1.94 bits per heavy atom. The van der Waals surface area contributed by atoms with Gasteiger partial charge in [0.25, 0.3) is 0 Å². The number of thiocarbonyl (C=S) groups is 1. The van der Waals surface area contributed by atoms with Gasteiger partial charge in [-0.25, -0.2) is 0 Å². The first-order valence-electron chi connectivity index (χ1n) is 5.65. The Morgan fingerprint density at radius 1 is 1.41 bits per heavy atom. The minimum absolute atomic E-state index is 0.0286. The molecule has 0 aromatic carbocycles. The summed E-state index contributed by atoms with van der Waals surface area (Å²) in [7, 11) is 0. The number of hydrogen-bond acceptors (Lipinski definition) is 5. The topological polar surface area (TPSA) is 49.8 Å². The fraction of sp³-hybridized carbons (Fsp3) is 0.818. The van der Waals surface area contributed by atoms with E-state index < -0.39 is 4.75 Å². The van der Waals surface area contributed by atoms with Crippen LogP contribution in [0.15, 0.2) is 0 Å². The highest BCUT2D eigenvalue weighted by Gasteiger charge is 2.32. The monoisotopic (exact) mass is 279 g/mol. The molecule has 0 aromatic heterocycles. The van der Waals surface area contributed by atoms with Gasteiger partial charge >= 0.3 is 5.97 Å². The molecule has 0 saturated heterocycles. The molecule has 0 atom stereocenters. The fourth-order valence-corrected chi connectivity index (χ4v) is 2.97. The van der Waals surface area contributed by atoms with Crippen molar-refractivity contribution < 1.29 is 14.6 Å². The average Bonchev–Trinajstić information content (AvgIpc) is 2.26. The van der Waals surface area contributed by atoms with Crippen molar-refractivity contribution in [1.82, 2.24) is 4.90 Å². The largest absolute Gasteiger partial charge is 0.462 e. The lowest BCUT2D eigenvalue weighted by Crippen LogP contribution is -2.36. The van der Waals surface area contributed by atoms with Crippen LogP contribution in [-0.2, 0) is 9.53 Å². The molecule has 0 aromatic rings. The van der Waals surface area contributed by atoms with Gasteiger partial charge in [0.15, 0.2) is 0 Å². The number of nitrogens with zero attached hydrogens (tertiary/aromatic N) is 1. The van der Waals surface area contributed by atoms with Crippen LogP contribution in [0.2, 0.25) is 0 Å². The van der Waals surface area contributed by atoms with Gasteiger partial charge in [0.05, 0.1) is 6.61 Å². The zero-order valence-electron chi connectivity index (χ0n) is 10.9. The lowest BCUT2D eigenvalue weighted by atomic mass is 10.2. The van der Waals surface area contributed by atoms with E-state index in [1.807, 2.05) is 18.7 Å². The third-order valence-electron chi connectivity index (χ3n) is 2.18. The summed E-state index contributed by atoms with van der Waals surface area (Å²) in [6.07, 6.45) is 0. The minimum Gasteiger partial charge on any atom is -0.462 e. The van der Waals surface area contributed by atoms with Gasteiger partial charge in [-0.3, -0.25) is 4.79 Å². The number of ether oxygens (including phenoxy) is 1. The van der Waals surface area contributed by atoms with Gasteiger partial charge in [0, 0.05) is 13.1 Å². The van der Waals surface area contributed by atoms with E-state index in [-0.39, 0.29) is 19.2 Å². The average molecular weight is 279 g/mol. The van der Waals surface area contributed by atoms with E-state index in [1.54, 1.807) is 13.8 Å². The molecule has 0 unspecified atom stereocenters. The zero-order chi connectivity index (χ0) is 13.5. The lowest BCUT2D eigenvalue weighted by molar-refractivity contribution is -0.146. The van der Waals surface area contributed by atoms with Crippen molar-refractivity contribution in [3.05, 3.63) is 0 Å². The number of carbonyl (C=O) groups excluding carboxylic acids is 1. The van der Waals surface area contributed by atoms with E-state index in [0.29, 0.717) is 4.32 Å². The van der Waals surface area contributed by atoms with Gasteiger partial charge < -0.3 is 14.7 Å². The molecule has 0 heterocycles. The minimum atomic E-state index is -0.727. The molecule has 0 aliphatic rings. The quantitative estimate of drug-likeness (QED) is 0.589. The molecular formula is C11H21NO3S2. The van der Waals surface area contributed by atoms with Crippen LogP contribution in [0.25, 0.3) is 0 Å². The molecule has 0 aliphatic heterocycles. The summed E-state index contributed by atoms with van der Waals surface area (Å²) in [6.45, 7) is 9.10. The molecule has 17 heavy (non-hydrogen) atoms. The Bertz CT molecular complexity index is 265. The Labute approximate surface area is 113 Å². The summed E-state index contributed by atoms with van der Waals surface area (Å²) in [6, 6.07) is 0.